The van der Waals surface area contributed by atoms with E-state index in [0.717, 1.165) is 5.56 Å². The number of hydrogen-bond donors (Lipinski definition) is 1. The summed E-state index contributed by atoms with van der Waals surface area (Å²) in [6, 6.07) is 20.5. The van der Waals surface area contributed by atoms with Gasteiger partial charge in [0, 0.05) is 16.1 Å². The van der Waals surface area contributed by atoms with Gasteiger partial charge in [0.2, 0.25) is 0 Å². The zero-order chi connectivity index (χ0) is 19.9. The van der Waals surface area contributed by atoms with Crippen LogP contribution >= 0.6 is 11.6 Å². The van der Waals surface area contributed by atoms with Crippen molar-refractivity contribution in [1.29, 1.82) is 0 Å². The fourth-order valence-corrected chi connectivity index (χ4v) is 2.56. The van der Waals surface area contributed by atoms with Gasteiger partial charge in [0.05, 0.1) is 11.8 Å². The third-order valence-electron chi connectivity index (χ3n) is 3.85. The number of nitrogens with zero attached hydrogens (tertiary/aromatic N) is 1. The number of para-hydroxylation sites is 1. The molecule has 0 aliphatic rings. The van der Waals surface area contributed by atoms with Crippen LogP contribution in [0, 0.1) is 6.92 Å². The zero-order valence-corrected chi connectivity index (χ0v) is 15.8. The van der Waals surface area contributed by atoms with Gasteiger partial charge in [0.25, 0.3) is 5.91 Å². The van der Waals surface area contributed by atoms with E-state index in [9.17, 15) is 9.59 Å². The van der Waals surface area contributed by atoms with Crippen LogP contribution in [0.1, 0.15) is 31.8 Å². The zero-order valence-electron chi connectivity index (χ0n) is 15.1. The molecule has 1 amide bonds. The second kappa shape index (κ2) is 8.97. The second-order valence-corrected chi connectivity index (χ2v) is 6.44. The van der Waals surface area contributed by atoms with Gasteiger partial charge in [-0.05, 0) is 55.5 Å². The average Bonchev–Trinajstić information content (AvgIpc) is 2.69. The van der Waals surface area contributed by atoms with Crippen LogP contribution in [0.4, 0.5) is 0 Å². The van der Waals surface area contributed by atoms with E-state index in [1.54, 1.807) is 66.7 Å². The molecule has 0 bridgehead atoms. The minimum Gasteiger partial charge on any atom is -0.422 e. The monoisotopic (exact) mass is 392 g/mol. The van der Waals surface area contributed by atoms with Crippen molar-refractivity contribution in [3.63, 3.8) is 0 Å². The Morgan fingerprint density at radius 3 is 2.46 bits per heavy atom. The van der Waals surface area contributed by atoms with Gasteiger partial charge in [0.15, 0.2) is 0 Å². The van der Waals surface area contributed by atoms with Gasteiger partial charge in [-0.1, -0.05) is 41.4 Å². The van der Waals surface area contributed by atoms with Crippen molar-refractivity contribution in [2.45, 2.75) is 6.92 Å². The van der Waals surface area contributed by atoms with E-state index in [2.05, 4.69) is 10.5 Å². The summed E-state index contributed by atoms with van der Waals surface area (Å²) < 4.78 is 5.44. The Labute approximate surface area is 167 Å². The third kappa shape index (κ3) is 5.05. The lowest BCUT2D eigenvalue weighted by Gasteiger charge is -2.07. The van der Waals surface area contributed by atoms with E-state index in [0.29, 0.717) is 27.5 Å². The fraction of sp³-hybridized carbons (Fsp3) is 0.0455. The molecule has 0 heterocycles. The molecule has 1 N–H and O–H groups in total. The van der Waals surface area contributed by atoms with Crippen LogP contribution in [-0.4, -0.2) is 18.1 Å². The van der Waals surface area contributed by atoms with E-state index >= 15 is 0 Å². The first-order valence-corrected chi connectivity index (χ1v) is 8.87. The summed E-state index contributed by atoms with van der Waals surface area (Å²) in [7, 11) is 0. The molecule has 3 aromatic rings. The lowest BCUT2D eigenvalue weighted by Crippen LogP contribution is -2.17. The van der Waals surface area contributed by atoms with Gasteiger partial charge < -0.3 is 4.74 Å². The molecular formula is C22H17ClN2O3. The Kier molecular flexibility index (Phi) is 6.19. The highest BCUT2D eigenvalue weighted by atomic mass is 35.5. The van der Waals surface area contributed by atoms with E-state index in [1.807, 2.05) is 13.0 Å². The predicted octanol–water partition coefficient (Wildman–Crippen LogP) is 4.63. The van der Waals surface area contributed by atoms with E-state index < -0.39 is 5.97 Å². The van der Waals surface area contributed by atoms with Crippen molar-refractivity contribution >= 4 is 29.7 Å². The van der Waals surface area contributed by atoms with Crippen molar-refractivity contribution in [3.05, 3.63) is 100 Å². The molecule has 6 heteroatoms. The molecule has 0 unspecified atom stereocenters. The summed E-state index contributed by atoms with van der Waals surface area (Å²) in [5.74, 6) is -0.507. The van der Waals surface area contributed by atoms with E-state index in [4.69, 9.17) is 16.3 Å². The van der Waals surface area contributed by atoms with Gasteiger partial charge in [-0.3, -0.25) is 4.79 Å². The third-order valence-corrected chi connectivity index (χ3v) is 4.10. The molecule has 0 aliphatic heterocycles. The fourth-order valence-electron chi connectivity index (χ4n) is 2.44. The quantitative estimate of drug-likeness (QED) is 0.298. The Balaban J connectivity index is 1.69. The van der Waals surface area contributed by atoms with Gasteiger partial charge in [-0.2, -0.15) is 5.10 Å². The van der Waals surface area contributed by atoms with Gasteiger partial charge >= 0.3 is 5.97 Å². The average molecular weight is 393 g/mol. The van der Waals surface area contributed by atoms with Crippen LogP contribution < -0.4 is 10.2 Å². The Hall–Kier alpha value is -3.44. The first-order chi connectivity index (χ1) is 13.5. The molecular weight excluding hydrogens is 376 g/mol. The molecule has 0 spiro atoms. The van der Waals surface area contributed by atoms with Crippen LogP contribution in [0.25, 0.3) is 0 Å². The molecule has 0 radical (unpaired) electrons. The summed E-state index contributed by atoms with van der Waals surface area (Å²) >= 11 is 5.83. The van der Waals surface area contributed by atoms with Crippen molar-refractivity contribution in [2.24, 2.45) is 5.10 Å². The van der Waals surface area contributed by atoms with Gasteiger partial charge in [-0.15, -0.1) is 0 Å². The van der Waals surface area contributed by atoms with Gasteiger partial charge in [0.1, 0.15) is 5.75 Å². The first-order valence-electron chi connectivity index (χ1n) is 8.50. The minimum atomic E-state index is -0.513. The molecule has 5 nitrogen and oxygen atoms in total. The van der Waals surface area contributed by atoms with Gasteiger partial charge in [-0.25, -0.2) is 10.2 Å². The number of esters is 1. The highest BCUT2D eigenvalue weighted by Gasteiger charge is 2.11. The maximum Gasteiger partial charge on any atom is 0.343 e. The molecule has 0 fully saturated rings. The normalized spacial score (nSPS) is 10.6. The maximum absolute atomic E-state index is 12.3. The van der Waals surface area contributed by atoms with Crippen LogP contribution in [-0.2, 0) is 0 Å². The lowest BCUT2D eigenvalue weighted by molar-refractivity contribution is 0.0734. The van der Waals surface area contributed by atoms with Crippen LogP contribution in [0.3, 0.4) is 0 Å². The van der Waals surface area contributed by atoms with Crippen molar-refractivity contribution in [2.75, 3.05) is 0 Å². The summed E-state index contributed by atoms with van der Waals surface area (Å²) in [6.45, 7) is 1.91. The summed E-state index contributed by atoms with van der Waals surface area (Å²) in [4.78, 5) is 24.4. The number of amides is 1. The highest BCUT2D eigenvalue weighted by molar-refractivity contribution is 6.30. The Bertz CT molecular complexity index is 1030. The number of carbonyl (C=O) groups excluding carboxylic acids is 2. The van der Waals surface area contributed by atoms with Crippen LogP contribution in [0.2, 0.25) is 5.02 Å². The SMILES string of the molecule is Cc1cccc(C(=O)N/N=C\c2ccccc2OC(=O)c2ccc(Cl)cc2)c1. The summed E-state index contributed by atoms with van der Waals surface area (Å²) in [5.41, 5.74) is 4.89. The summed E-state index contributed by atoms with van der Waals surface area (Å²) in [5, 5.41) is 4.50. The largest absolute Gasteiger partial charge is 0.422 e. The smallest absolute Gasteiger partial charge is 0.343 e. The molecule has 0 aliphatic carbocycles. The van der Waals surface area contributed by atoms with E-state index in [-0.39, 0.29) is 5.91 Å². The number of benzene rings is 3. The van der Waals surface area contributed by atoms with Crippen molar-refractivity contribution in [3.8, 4) is 5.75 Å². The van der Waals surface area contributed by atoms with Crippen molar-refractivity contribution in [1.82, 2.24) is 5.43 Å². The molecule has 0 atom stereocenters. The van der Waals surface area contributed by atoms with E-state index in [1.165, 1.54) is 6.21 Å². The van der Waals surface area contributed by atoms with Crippen LogP contribution in [0.15, 0.2) is 77.9 Å². The second-order valence-electron chi connectivity index (χ2n) is 6.00. The first kappa shape index (κ1) is 19.3. The number of aryl methyl sites for hydroxylation is 1. The summed E-state index contributed by atoms with van der Waals surface area (Å²) in [6.07, 6.45) is 1.43. The number of halogens is 1. The molecule has 0 saturated heterocycles. The molecule has 28 heavy (non-hydrogen) atoms. The molecule has 3 rings (SSSR count). The minimum absolute atomic E-state index is 0.324. The number of nitrogens with one attached hydrogen (secondary N) is 1. The lowest BCUT2D eigenvalue weighted by atomic mass is 10.1. The number of hydrazone groups is 1. The standard InChI is InChI=1S/C22H17ClN2O3/c1-15-5-4-7-17(13-15)21(26)25-24-14-18-6-2-3-8-20(18)28-22(27)16-9-11-19(23)12-10-16/h2-14H,1H3,(H,25,26)/b24-14-. The number of ether oxygens (including phenoxy) is 1. The Morgan fingerprint density at radius 1 is 0.964 bits per heavy atom. The number of carbonyl (C=O) groups is 2. The maximum atomic E-state index is 12.3. The molecule has 3 aromatic carbocycles. The topological polar surface area (TPSA) is 67.8 Å². The number of hydrogen-bond acceptors (Lipinski definition) is 4. The predicted molar refractivity (Wildman–Crippen MR) is 109 cm³/mol. The molecule has 0 aromatic heterocycles. The van der Waals surface area contributed by atoms with Crippen LogP contribution in [0.5, 0.6) is 5.75 Å². The Morgan fingerprint density at radius 2 is 1.71 bits per heavy atom. The molecule has 0 saturated carbocycles. The highest BCUT2D eigenvalue weighted by Crippen LogP contribution is 2.18. The number of rotatable bonds is 5. The molecule has 140 valence electrons. The van der Waals surface area contributed by atoms with Crippen molar-refractivity contribution < 1.29 is 14.3 Å².